The Balaban J connectivity index is 1.53. The van der Waals surface area contributed by atoms with E-state index in [1.54, 1.807) is 4.68 Å². The van der Waals surface area contributed by atoms with Gasteiger partial charge in [0.05, 0.1) is 17.4 Å². The Hall–Kier alpha value is -3.78. The maximum absolute atomic E-state index is 11.4. The molecule has 0 saturated heterocycles. The second-order valence-corrected chi connectivity index (χ2v) is 7.88. The van der Waals surface area contributed by atoms with Crippen LogP contribution < -0.4 is 16.0 Å². The molecule has 32 heavy (non-hydrogen) atoms. The standard InChI is InChI=1S/C24H25N7O/c1-16(32)26-13-18-8-5-9-22-20(18)14-28-31(22)24-29-21-15-25-11-10-19(21)23(30-24)27-12-17-6-3-2-4-7-17/h2-9,14,25H,10-13,15H2,1H3,(H,26,32)(H,27,29,30). The molecule has 0 aliphatic carbocycles. The average molecular weight is 428 g/mol. The number of carbonyl (C=O) groups excluding carboxylic acids is 1. The van der Waals surface area contributed by atoms with Crippen LogP contribution >= 0.6 is 0 Å². The fourth-order valence-electron chi connectivity index (χ4n) is 4.01. The van der Waals surface area contributed by atoms with Gasteiger partial charge in [0.25, 0.3) is 5.95 Å². The second kappa shape index (κ2) is 8.76. The quantitative estimate of drug-likeness (QED) is 0.438. The third kappa shape index (κ3) is 4.04. The summed E-state index contributed by atoms with van der Waals surface area (Å²) >= 11 is 0. The summed E-state index contributed by atoms with van der Waals surface area (Å²) in [5.74, 6) is 1.33. The van der Waals surface area contributed by atoms with E-state index in [1.807, 2.05) is 42.6 Å². The number of nitrogens with one attached hydrogen (secondary N) is 3. The van der Waals surface area contributed by atoms with Crippen molar-refractivity contribution < 1.29 is 4.79 Å². The van der Waals surface area contributed by atoms with Crippen LogP contribution in [0.3, 0.4) is 0 Å². The molecule has 8 heteroatoms. The van der Waals surface area contributed by atoms with E-state index in [-0.39, 0.29) is 5.91 Å². The lowest BCUT2D eigenvalue weighted by Crippen LogP contribution is -2.27. The molecule has 0 unspecified atom stereocenters. The number of nitrogens with zero attached hydrogens (tertiary/aromatic N) is 4. The molecule has 3 heterocycles. The van der Waals surface area contributed by atoms with Crippen molar-refractivity contribution in [2.45, 2.75) is 33.0 Å². The number of fused-ring (bicyclic) bond motifs is 2. The number of hydrogen-bond donors (Lipinski definition) is 3. The maximum Gasteiger partial charge on any atom is 0.253 e. The van der Waals surface area contributed by atoms with Gasteiger partial charge in [-0.15, -0.1) is 0 Å². The van der Waals surface area contributed by atoms with Crippen molar-refractivity contribution in [3.05, 3.63) is 77.1 Å². The predicted molar refractivity (Wildman–Crippen MR) is 123 cm³/mol. The zero-order valence-electron chi connectivity index (χ0n) is 17.9. The zero-order chi connectivity index (χ0) is 21.9. The van der Waals surface area contributed by atoms with Crippen LogP contribution in [0, 0.1) is 0 Å². The van der Waals surface area contributed by atoms with E-state index in [9.17, 15) is 4.79 Å². The van der Waals surface area contributed by atoms with E-state index >= 15 is 0 Å². The number of carbonyl (C=O) groups is 1. The Labute approximate surface area is 186 Å². The monoisotopic (exact) mass is 427 g/mol. The molecule has 0 radical (unpaired) electrons. The lowest BCUT2D eigenvalue weighted by atomic mass is 10.1. The van der Waals surface area contributed by atoms with E-state index in [4.69, 9.17) is 9.97 Å². The van der Waals surface area contributed by atoms with E-state index in [0.29, 0.717) is 25.6 Å². The smallest absolute Gasteiger partial charge is 0.253 e. The molecule has 162 valence electrons. The summed E-state index contributed by atoms with van der Waals surface area (Å²) < 4.78 is 1.77. The molecule has 0 spiro atoms. The van der Waals surface area contributed by atoms with Crippen molar-refractivity contribution in [1.82, 2.24) is 30.4 Å². The van der Waals surface area contributed by atoms with Gasteiger partial charge >= 0.3 is 0 Å². The normalized spacial score (nSPS) is 13.0. The number of anilines is 1. The number of rotatable bonds is 6. The van der Waals surface area contributed by atoms with Gasteiger partial charge in [-0.2, -0.15) is 14.8 Å². The second-order valence-electron chi connectivity index (χ2n) is 7.88. The van der Waals surface area contributed by atoms with Gasteiger partial charge in [-0.05, 0) is 30.2 Å². The van der Waals surface area contributed by atoms with E-state index in [1.165, 1.54) is 12.5 Å². The van der Waals surface area contributed by atoms with Gasteiger partial charge in [0.15, 0.2) is 0 Å². The molecular weight excluding hydrogens is 402 g/mol. The van der Waals surface area contributed by atoms with Crippen LogP contribution in [0.2, 0.25) is 0 Å². The Morgan fingerprint density at radius 3 is 2.81 bits per heavy atom. The van der Waals surface area contributed by atoms with Crippen LogP contribution in [0.25, 0.3) is 16.9 Å². The highest BCUT2D eigenvalue weighted by Crippen LogP contribution is 2.25. The molecule has 0 atom stereocenters. The molecule has 4 aromatic rings. The van der Waals surface area contributed by atoms with Gasteiger partial charge in [0, 0.05) is 37.5 Å². The summed E-state index contributed by atoms with van der Waals surface area (Å²) in [6, 6.07) is 16.2. The Bertz CT molecular complexity index is 1270. The first-order valence-electron chi connectivity index (χ1n) is 10.8. The minimum absolute atomic E-state index is 0.0611. The summed E-state index contributed by atoms with van der Waals surface area (Å²) in [6.07, 6.45) is 2.69. The van der Waals surface area contributed by atoms with Crippen molar-refractivity contribution in [1.29, 1.82) is 0 Å². The van der Waals surface area contributed by atoms with Gasteiger partial charge in [-0.25, -0.2) is 4.98 Å². The van der Waals surface area contributed by atoms with E-state index in [0.717, 1.165) is 46.5 Å². The lowest BCUT2D eigenvalue weighted by Gasteiger charge is -2.21. The SMILES string of the molecule is CC(=O)NCc1cccc2c1cnn2-c1nc2c(c(NCc3ccccc3)n1)CCNC2. The van der Waals surface area contributed by atoms with Gasteiger partial charge in [-0.1, -0.05) is 42.5 Å². The molecule has 8 nitrogen and oxygen atoms in total. The van der Waals surface area contributed by atoms with Gasteiger partial charge in [-0.3, -0.25) is 4.79 Å². The molecule has 2 aromatic heterocycles. The molecule has 3 N–H and O–H groups in total. The Kier molecular flexibility index (Phi) is 5.51. The summed E-state index contributed by atoms with van der Waals surface area (Å²) in [5.41, 5.74) is 5.26. The summed E-state index contributed by atoms with van der Waals surface area (Å²) in [4.78, 5) is 21.1. The first kappa shape index (κ1) is 20.1. The first-order chi connectivity index (χ1) is 15.7. The maximum atomic E-state index is 11.4. The number of hydrogen-bond acceptors (Lipinski definition) is 6. The highest BCUT2D eigenvalue weighted by molar-refractivity contribution is 5.84. The molecule has 1 amide bonds. The molecule has 1 aliphatic heterocycles. The van der Waals surface area contributed by atoms with Crippen molar-refractivity contribution in [2.24, 2.45) is 0 Å². The van der Waals surface area contributed by atoms with Crippen LogP contribution in [-0.4, -0.2) is 32.2 Å². The predicted octanol–water partition coefficient (Wildman–Crippen LogP) is 2.71. The molecule has 5 rings (SSSR count). The van der Waals surface area contributed by atoms with Crippen LogP contribution in [0.1, 0.15) is 29.3 Å². The van der Waals surface area contributed by atoms with Crippen molar-refractivity contribution in [3.8, 4) is 5.95 Å². The van der Waals surface area contributed by atoms with Crippen molar-refractivity contribution >= 4 is 22.6 Å². The third-order valence-electron chi connectivity index (χ3n) is 5.65. The topological polar surface area (TPSA) is 96.8 Å². The molecule has 1 aliphatic rings. The molecule has 0 bridgehead atoms. The number of amides is 1. The fourth-order valence-corrected chi connectivity index (χ4v) is 4.01. The van der Waals surface area contributed by atoms with Gasteiger partial charge in [0.1, 0.15) is 5.82 Å². The Morgan fingerprint density at radius 1 is 1.09 bits per heavy atom. The highest BCUT2D eigenvalue weighted by Gasteiger charge is 2.20. The van der Waals surface area contributed by atoms with Gasteiger partial charge < -0.3 is 16.0 Å². The van der Waals surface area contributed by atoms with Crippen LogP contribution in [0.5, 0.6) is 0 Å². The minimum atomic E-state index is -0.0611. The molecule has 0 fully saturated rings. The zero-order valence-corrected chi connectivity index (χ0v) is 17.9. The summed E-state index contributed by atoms with van der Waals surface area (Å²) in [5, 5.41) is 15.3. The first-order valence-corrected chi connectivity index (χ1v) is 10.8. The average Bonchev–Trinajstić information content (AvgIpc) is 3.26. The number of benzene rings is 2. The molecule has 0 saturated carbocycles. The fraction of sp³-hybridized carbons (Fsp3) is 0.250. The van der Waals surface area contributed by atoms with Gasteiger partial charge in [0.2, 0.25) is 5.91 Å². The largest absolute Gasteiger partial charge is 0.366 e. The van der Waals surface area contributed by atoms with Crippen molar-refractivity contribution in [3.63, 3.8) is 0 Å². The van der Waals surface area contributed by atoms with Crippen LogP contribution in [0.15, 0.2) is 54.7 Å². The highest BCUT2D eigenvalue weighted by atomic mass is 16.1. The Morgan fingerprint density at radius 2 is 1.97 bits per heavy atom. The minimum Gasteiger partial charge on any atom is -0.366 e. The number of aromatic nitrogens is 4. The van der Waals surface area contributed by atoms with Crippen molar-refractivity contribution in [2.75, 3.05) is 11.9 Å². The van der Waals surface area contributed by atoms with E-state index in [2.05, 4.69) is 33.2 Å². The van der Waals surface area contributed by atoms with Crippen LogP contribution in [0.4, 0.5) is 5.82 Å². The van der Waals surface area contributed by atoms with E-state index < -0.39 is 0 Å². The van der Waals surface area contributed by atoms with Crippen LogP contribution in [-0.2, 0) is 30.8 Å². The molecular formula is C24H25N7O. The summed E-state index contributed by atoms with van der Waals surface area (Å²) in [6.45, 7) is 4.28. The lowest BCUT2D eigenvalue weighted by molar-refractivity contribution is -0.119. The molecule has 2 aromatic carbocycles. The summed E-state index contributed by atoms with van der Waals surface area (Å²) in [7, 11) is 0. The third-order valence-corrected chi connectivity index (χ3v) is 5.65.